The fourth-order valence-corrected chi connectivity index (χ4v) is 2.23. The lowest BCUT2D eigenvalue weighted by Crippen LogP contribution is -2.34. The zero-order valence-electron chi connectivity index (χ0n) is 9.44. The molecular formula is C12H15F2NO. The number of nitrogens with one attached hydrogen (secondary N) is 1. The van der Waals surface area contributed by atoms with Crippen LogP contribution in [0.3, 0.4) is 0 Å². The van der Waals surface area contributed by atoms with Gasteiger partial charge in [-0.15, -0.1) is 0 Å². The zero-order chi connectivity index (χ0) is 11.8. The molecule has 1 unspecified atom stereocenters. The SMILES string of the molecule is COc1cc(C2(C)CCCN2)c(F)cc1F. The fourth-order valence-electron chi connectivity index (χ4n) is 2.23. The minimum atomic E-state index is -0.662. The third kappa shape index (κ3) is 1.78. The molecule has 4 heteroatoms. The van der Waals surface area contributed by atoms with Gasteiger partial charge in [-0.1, -0.05) is 0 Å². The lowest BCUT2D eigenvalue weighted by molar-refractivity contribution is 0.369. The first-order valence-corrected chi connectivity index (χ1v) is 5.35. The van der Waals surface area contributed by atoms with Gasteiger partial charge in [0, 0.05) is 17.2 Å². The number of halogens is 2. The summed E-state index contributed by atoms with van der Waals surface area (Å²) in [6.07, 6.45) is 1.84. The topological polar surface area (TPSA) is 21.3 Å². The first kappa shape index (κ1) is 11.3. The molecule has 0 aliphatic carbocycles. The summed E-state index contributed by atoms with van der Waals surface area (Å²) in [7, 11) is 1.38. The van der Waals surface area contributed by atoms with Crippen molar-refractivity contribution in [2.75, 3.05) is 13.7 Å². The van der Waals surface area contributed by atoms with E-state index in [9.17, 15) is 8.78 Å². The zero-order valence-corrected chi connectivity index (χ0v) is 9.44. The van der Waals surface area contributed by atoms with E-state index in [2.05, 4.69) is 5.32 Å². The summed E-state index contributed by atoms with van der Waals surface area (Å²) in [5.41, 5.74) is 0.0636. The standard InChI is InChI=1S/C12H15F2NO/c1-12(4-3-5-15-12)8-6-11(16-2)10(14)7-9(8)13/h6-7,15H,3-5H2,1-2H3. The monoisotopic (exact) mass is 227 g/mol. The molecule has 1 N–H and O–H groups in total. The van der Waals surface area contributed by atoms with Gasteiger partial charge in [-0.05, 0) is 32.4 Å². The van der Waals surface area contributed by atoms with Crippen LogP contribution in [0.4, 0.5) is 8.78 Å². The molecule has 0 saturated carbocycles. The van der Waals surface area contributed by atoms with Crippen molar-refractivity contribution in [3.05, 3.63) is 29.3 Å². The molecule has 0 amide bonds. The second kappa shape index (κ2) is 4.01. The van der Waals surface area contributed by atoms with Crippen molar-refractivity contribution >= 4 is 0 Å². The van der Waals surface area contributed by atoms with Crippen LogP contribution in [0, 0.1) is 11.6 Å². The minimum absolute atomic E-state index is 0.0892. The highest BCUT2D eigenvalue weighted by molar-refractivity contribution is 5.36. The lowest BCUT2D eigenvalue weighted by atomic mass is 9.90. The summed E-state index contributed by atoms with van der Waals surface area (Å²) in [6, 6.07) is 2.34. The van der Waals surface area contributed by atoms with Crippen LogP contribution in [-0.4, -0.2) is 13.7 Å². The average Bonchev–Trinajstić information content (AvgIpc) is 2.66. The summed E-state index contributed by atoms with van der Waals surface area (Å²) >= 11 is 0. The van der Waals surface area contributed by atoms with Crippen molar-refractivity contribution in [2.45, 2.75) is 25.3 Å². The predicted octanol–water partition coefficient (Wildman–Crippen LogP) is 2.57. The maximum atomic E-state index is 13.7. The number of benzene rings is 1. The van der Waals surface area contributed by atoms with Gasteiger partial charge in [-0.25, -0.2) is 8.78 Å². The number of ether oxygens (including phenoxy) is 1. The van der Waals surface area contributed by atoms with Gasteiger partial charge in [0.2, 0.25) is 0 Å². The number of hydrogen-bond acceptors (Lipinski definition) is 2. The first-order chi connectivity index (χ1) is 7.57. The van der Waals surface area contributed by atoms with Gasteiger partial charge in [-0.3, -0.25) is 0 Å². The van der Waals surface area contributed by atoms with Crippen LogP contribution >= 0.6 is 0 Å². The smallest absolute Gasteiger partial charge is 0.167 e. The van der Waals surface area contributed by atoms with E-state index in [-0.39, 0.29) is 5.75 Å². The van der Waals surface area contributed by atoms with Crippen LogP contribution in [0.25, 0.3) is 0 Å². The molecule has 16 heavy (non-hydrogen) atoms. The Bertz CT molecular complexity index is 400. The highest BCUT2D eigenvalue weighted by atomic mass is 19.1. The van der Waals surface area contributed by atoms with E-state index < -0.39 is 17.2 Å². The summed E-state index contributed by atoms with van der Waals surface area (Å²) in [5.74, 6) is -1.09. The normalized spacial score (nSPS) is 24.8. The van der Waals surface area contributed by atoms with E-state index in [0.29, 0.717) is 5.56 Å². The molecule has 88 valence electrons. The van der Waals surface area contributed by atoms with E-state index in [1.165, 1.54) is 13.2 Å². The highest BCUT2D eigenvalue weighted by Crippen LogP contribution is 2.35. The largest absolute Gasteiger partial charge is 0.494 e. The molecule has 1 atom stereocenters. The quantitative estimate of drug-likeness (QED) is 0.838. The van der Waals surface area contributed by atoms with Crippen LogP contribution in [0.15, 0.2) is 12.1 Å². The summed E-state index contributed by atoms with van der Waals surface area (Å²) in [4.78, 5) is 0. The van der Waals surface area contributed by atoms with Crippen LogP contribution < -0.4 is 10.1 Å². The number of hydrogen-bond donors (Lipinski definition) is 1. The Balaban J connectivity index is 2.47. The summed E-state index contributed by atoms with van der Waals surface area (Å²) in [5, 5.41) is 3.24. The molecule has 1 heterocycles. The molecule has 1 saturated heterocycles. The van der Waals surface area contributed by atoms with Crippen LogP contribution in [-0.2, 0) is 5.54 Å². The number of methoxy groups -OCH3 is 1. The molecule has 0 spiro atoms. The molecule has 0 aromatic heterocycles. The van der Waals surface area contributed by atoms with Crippen LogP contribution in [0.2, 0.25) is 0 Å². The van der Waals surface area contributed by atoms with Gasteiger partial charge in [-0.2, -0.15) is 0 Å². The highest BCUT2D eigenvalue weighted by Gasteiger charge is 2.33. The van der Waals surface area contributed by atoms with Crippen LogP contribution in [0.1, 0.15) is 25.3 Å². The number of rotatable bonds is 2. The van der Waals surface area contributed by atoms with E-state index >= 15 is 0 Å². The van der Waals surface area contributed by atoms with E-state index in [1.807, 2.05) is 6.92 Å². The van der Waals surface area contributed by atoms with Crippen molar-refractivity contribution in [2.24, 2.45) is 0 Å². The molecule has 1 aliphatic heterocycles. The average molecular weight is 227 g/mol. The van der Waals surface area contributed by atoms with Gasteiger partial charge in [0.15, 0.2) is 11.6 Å². The van der Waals surface area contributed by atoms with Gasteiger partial charge >= 0.3 is 0 Å². The van der Waals surface area contributed by atoms with Crippen molar-refractivity contribution in [3.8, 4) is 5.75 Å². The molecule has 0 radical (unpaired) electrons. The van der Waals surface area contributed by atoms with Gasteiger partial charge in [0.05, 0.1) is 7.11 Å². The lowest BCUT2D eigenvalue weighted by Gasteiger charge is -2.26. The van der Waals surface area contributed by atoms with Gasteiger partial charge < -0.3 is 10.1 Å². The van der Waals surface area contributed by atoms with Gasteiger partial charge in [0.25, 0.3) is 0 Å². The fraction of sp³-hybridized carbons (Fsp3) is 0.500. The Labute approximate surface area is 93.6 Å². The maximum absolute atomic E-state index is 13.7. The molecular weight excluding hydrogens is 212 g/mol. The second-order valence-electron chi connectivity index (χ2n) is 4.33. The van der Waals surface area contributed by atoms with E-state index in [1.54, 1.807) is 0 Å². The van der Waals surface area contributed by atoms with Crippen molar-refractivity contribution < 1.29 is 13.5 Å². The second-order valence-corrected chi connectivity index (χ2v) is 4.33. The molecule has 1 aromatic carbocycles. The summed E-state index contributed by atoms with van der Waals surface area (Å²) < 4.78 is 31.9. The molecule has 1 fully saturated rings. The molecule has 1 aromatic rings. The predicted molar refractivity (Wildman–Crippen MR) is 57.5 cm³/mol. The molecule has 1 aliphatic rings. The molecule has 2 rings (SSSR count). The minimum Gasteiger partial charge on any atom is -0.494 e. The Morgan fingerprint density at radius 2 is 2.06 bits per heavy atom. The Kier molecular flexibility index (Phi) is 2.84. The van der Waals surface area contributed by atoms with E-state index in [0.717, 1.165) is 25.5 Å². The Morgan fingerprint density at radius 3 is 2.62 bits per heavy atom. The molecule has 0 bridgehead atoms. The maximum Gasteiger partial charge on any atom is 0.167 e. The summed E-state index contributed by atoms with van der Waals surface area (Å²) in [6.45, 7) is 2.78. The van der Waals surface area contributed by atoms with Crippen molar-refractivity contribution in [1.82, 2.24) is 5.32 Å². The van der Waals surface area contributed by atoms with Crippen molar-refractivity contribution in [3.63, 3.8) is 0 Å². The van der Waals surface area contributed by atoms with E-state index in [4.69, 9.17) is 4.74 Å². The van der Waals surface area contributed by atoms with Crippen LogP contribution in [0.5, 0.6) is 5.75 Å². The first-order valence-electron chi connectivity index (χ1n) is 5.35. The van der Waals surface area contributed by atoms with Crippen molar-refractivity contribution in [1.29, 1.82) is 0 Å². The Hall–Kier alpha value is -1.16. The Morgan fingerprint density at radius 1 is 1.31 bits per heavy atom. The molecule has 2 nitrogen and oxygen atoms in total. The third-order valence-corrected chi connectivity index (χ3v) is 3.20. The van der Waals surface area contributed by atoms with Gasteiger partial charge in [0.1, 0.15) is 5.82 Å². The third-order valence-electron chi connectivity index (χ3n) is 3.20.